The van der Waals surface area contributed by atoms with Gasteiger partial charge in [0.05, 0.1) is 17.9 Å². The summed E-state index contributed by atoms with van der Waals surface area (Å²) < 4.78 is 1.92. The van der Waals surface area contributed by atoms with Crippen LogP contribution in [0.2, 0.25) is 0 Å². The summed E-state index contributed by atoms with van der Waals surface area (Å²) in [5, 5.41) is 7.70. The molecular formula is C19H30N6O2. The lowest BCUT2D eigenvalue weighted by molar-refractivity contribution is 0.201. The van der Waals surface area contributed by atoms with Crippen molar-refractivity contribution in [2.24, 2.45) is 0 Å². The molecule has 27 heavy (non-hydrogen) atoms. The van der Waals surface area contributed by atoms with Crippen LogP contribution in [-0.2, 0) is 0 Å². The molecule has 4 rings (SSSR count). The number of amides is 4. The van der Waals surface area contributed by atoms with Gasteiger partial charge in [0, 0.05) is 45.5 Å². The summed E-state index contributed by atoms with van der Waals surface area (Å²) in [4.78, 5) is 30.1. The standard InChI is InChI=1S/C19H30N6O2/c1-22-10-11-24(19(22)27)17-12-20-25(14-17)16-8-9-23(13-16)18(26)21-15-6-4-2-3-5-7-15/h12,14-16H,2-11,13H2,1H3,(H,21,26). The zero-order valence-corrected chi connectivity index (χ0v) is 16.1. The van der Waals surface area contributed by atoms with Crippen molar-refractivity contribution in [3.05, 3.63) is 12.4 Å². The molecule has 148 valence electrons. The number of nitrogens with zero attached hydrogens (tertiary/aromatic N) is 5. The number of urea groups is 2. The Hall–Kier alpha value is -2.25. The van der Waals surface area contributed by atoms with Gasteiger partial charge < -0.3 is 15.1 Å². The zero-order chi connectivity index (χ0) is 18.8. The van der Waals surface area contributed by atoms with E-state index in [0.717, 1.165) is 38.0 Å². The molecule has 0 radical (unpaired) electrons. The smallest absolute Gasteiger partial charge is 0.324 e. The molecule has 1 aromatic heterocycles. The molecule has 1 unspecified atom stereocenters. The van der Waals surface area contributed by atoms with E-state index >= 15 is 0 Å². The number of hydrogen-bond donors (Lipinski definition) is 1. The maximum atomic E-state index is 12.6. The Morgan fingerprint density at radius 1 is 1.11 bits per heavy atom. The first kappa shape index (κ1) is 18.1. The third-order valence-corrected chi connectivity index (χ3v) is 6.12. The van der Waals surface area contributed by atoms with E-state index in [0.29, 0.717) is 19.1 Å². The molecule has 1 aromatic rings. The van der Waals surface area contributed by atoms with Gasteiger partial charge in [-0.25, -0.2) is 9.59 Å². The van der Waals surface area contributed by atoms with Crippen molar-refractivity contribution < 1.29 is 9.59 Å². The van der Waals surface area contributed by atoms with Crippen LogP contribution in [0.15, 0.2) is 12.4 Å². The SMILES string of the molecule is CN1CCN(c2cnn(C3CCN(C(=O)NC4CCCCCC4)C3)c2)C1=O. The Balaban J connectivity index is 1.33. The van der Waals surface area contributed by atoms with Crippen LogP contribution in [0, 0.1) is 0 Å². The molecule has 0 aromatic carbocycles. The molecule has 1 aliphatic carbocycles. The number of nitrogens with one attached hydrogen (secondary N) is 1. The van der Waals surface area contributed by atoms with Crippen LogP contribution in [0.5, 0.6) is 0 Å². The molecule has 2 aliphatic heterocycles. The quantitative estimate of drug-likeness (QED) is 0.826. The average Bonchev–Trinajstić information content (AvgIpc) is 3.35. The average molecular weight is 374 g/mol. The Bertz CT molecular complexity index is 681. The molecule has 1 N–H and O–H groups in total. The topological polar surface area (TPSA) is 73.7 Å². The van der Waals surface area contributed by atoms with Gasteiger partial charge in [-0.2, -0.15) is 5.10 Å². The van der Waals surface area contributed by atoms with E-state index in [1.165, 1.54) is 25.7 Å². The van der Waals surface area contributed by atoms with Crippen molar-refractivity contribution in [2.75, 3.05) is 38.1 Å². The van der Waals surface area contributed by atoms with Crippen molar-refractivity contribution >= 4 is 17.7 Å². The van der Waals surface area contributed by atoms with Gasteiger partial charge in [-0.05, 0) is 19.3 Å². The van der Waals surface area contributed by atoms with Gasteiger partial charge in [-0.1, -0.05) is 25.7 Å². The number of likely N-dealkylation sites (N-methyl/N-ethyl adjacent to an activating group) is 1. The molecule has 2 saturated heterocycles. The van der Waals surface area contributed by atoms with E-state index in [-0.39, 0.29) is 18.1 Å². The van der Waals surface area contributed by atoms with E-state index in [1.54, 1.807) is 16.0 Å². The van der Waals surface area contributed by atoms with Gasteiger partial charge in [0.2, 0.25) is 0 Å². The first-order valence-electron chi connectivity index (χ1n) is 10.2. The number of carbonyl (C=O) groups is 2. The highest BCUT2D eigenvalue weighted by Crippen LogP contribution is 2.25. The normalized spacial score (nSPS) is 24.6. The molecule has 3 aliphatic rings. The van der Waals surface area contributed by atoms with Gasteiger partial charge in [0.25, 0.3) is 0 Å². The van der Waals surface area contributed by atoms with Crippen molar-refractivity contribution in [3.8, 4) is 0 Å². The fourth-order valence-electron chi connectivity index (χ4n) is 4.39. The van der Waals surface area contributed by atoms with Gasteiger partial charge in [-0.3, -0.25) is 9.58 Å². The van der Waals surface area contributed by atoms with E-state index < -0.39 is 0 Å². The second-order valence-corrected chi connectivity index (χ2v) is 8.06. The Kier molecular flexibility index (Phi) is 5.22. The van der Waals surface area contributed by atoms with Gasteiger partial charge in [-0.15, -0.1) is 0 Å². The largest absolute Gasteiger partial charge is 0.335 e. The lowest BCUT2D eigenvalue weighted by atomic mass is 10.1. The van der Waals surface area contributed by atoms with Gasteiger partial charge in [0.15, 0.2) is 0 Å². The van der Waals surface area contributed by atoms with Crippen molar-refractivity contribution in [1.82, 2.24) is 24.9 Å². The van der Waals surface area contributed by atoms with Crippen LogP contribution in [-0.4, -0.2) is 70.9 Å². The third kappa shape index (κ3) is 3.89. The van der Waals surface area contributed by atoms with E-state index in [4.69, 9.17) is 0 Å². The highest BCUT2D eigenvalue weighted by molar-refractivity contribution is 5.93. The van der Waals surface area contributed by atoms with Crippen LogP contribution in [0.1, 0.15) is 51.0 Å². The number of hydrogen-bond acceptors (Lipinski definition) is 3. The second kappa shape index (κ2) is 7.78. The summed E-state index contributed by atoms with van der Waals surface area (Å²) >= 11 is 0. The molecule has 1 saturated carbocycles. The minimum absolute atomic E-state index is 0.0189. The number of anilines is 1. The van der Waals surface area contributed by atoms with Crippen LogP contribution >= 0.6 is 0 Å². The summed E-state index contributed by atoms with van der Waals surface area (Å²) in [6, 6.07) is 0.584. The molecule has 0 spiro atoms. The fraction of sp³-hybridized carbons (Fsp3) is 0.737. The van der Waals surface area contributed by atoms with Crippen molar-refractivity contribution in [3.63, 3.8) is 0 Å². The Morgan fingerprint density at radius 2 is 1.89 bits per heavy atom. The summed E-state index contributed by atoms with van der Waals surface area (Å²) in [5.74, 6) is 0. The maximum absolute atomic E-state index is 12.6. The van der Waals surface area contributed by atoms with Crippen molar-refractivity contribution in [1.29, 1.82) is 0 Å². The first-order valence-corrected chi connectivity index (χ1v) is 10.2. The lowest BCUT2D eigenvalue weighted by Crippen LogP contribution is -2.43. The zero-order valence-electron chi connectivity index (χ0n) is 16.1. The van der Waals surface area contributed by atoms with Crippen LogP contribution in [0.25, 0.3) is 0 Å². The van der Waals surface area contributed by atoms with E-state index in [9.17, 15) is 9.59 Å². The highest BCUT2D eigenvalue weighted by Gasteiger charge is 2.31. The summed E-state index contributed by atoms with van der Waals surface area (Å²) in [6.45, 7) is 2.86. The molecule has 4 amide bonds. The fourth-order valence-corrected chi connectivity index (χ4v) is 4.39. The third-order valence-electron chi connectivity index (χ3n) is 6.12. The molecule has 1 atom stereocenters. The number of aromatic nitrogens is 2. The van der Waals surface area contributed by atoms with Crippen LogP contribution < -0.4 is 10.2 Å². The molecule has 8 nitrogen and oxygen atoms in total. The summed E-state index contributed by atoms with van der Waals surface area (Å²) in [7, 11) is 1.81. The second-order valence-electron chi connectivity index (χ2n) is 8.06. The van der Waals surface area contributed by atoms with E-state index in [2.05, 4.69) is 10.4 Å². The monoisotopic (exact) mass is 374 g/mol. The summed E-state index contributed by atoms with van der Waals surface area (Å²) in [5.41, 5.74) is 0.839. The van der Waals surface area contributed by atoms with Crippen LogP contribution in [0.3, 0.4) is 0 Å². The number of rotatable bonds is 3. The Labute approximate surface area is 160 Å². The lowest BCUT2D eigenvalue weighted by Gasteiger charge is -2.22. The number of carbonyl (C=O) groups excluding carboxylic acids is 2. The maximum Gasteiger partial charge on any atom is 0.324 e. The number of likely N-dealkylation sites (tertiary alicyclic amines) is 1. The minimum atomic E-state index is 0.0189. The van der Waals surface area contributed by atoms with Crippen LogP contribution in [0.4, 0.5) is 15.3 Å². The van der Waals surface area contributed by atoms with Gasteiger partial charge in [0.1, 0.15) is 0 Å². The minimum Gasteiger partial charge on any atom is -0.335 e. The molecule has 0 bridgehead atoms. The molecule has 3 heterocycles. The molecule has 3 fully saturated rings. The molecular weight excluding hydrogens is 344 g/mol. The first-order chi connectivity index (χ1) is 13.1. The predicted octanol–water partition coefficient (Wildman–Crippen LogP) is 2.43. The molecule has 8 heteroatoms. The van der Waals surface area contributed by atoms with E-state index in [1.807, 2.05) is 22.8 Å². The van der Waals surface area contributed by atoms with Crippen molar-refractivity contribution in [2.45, 2.75) is 57.0 Å². The van der Waals surface area contributed by atoms with Gasteiger partial charge >= 0.3 is 12.1 Å². The Morgan fingerprint density at radius 3 is 2.59 bits per heavy atom. The predicted molar refractivity (Wildman–Crippen MR) is 103 cm³/mol. The highest BCUT2D eigenvalue weighted by atomic mass is 16.2. The summed E-state index contributed by atoms with van der Waals surface area (Å²) in [6.07, 6.45) is 11.8.